The lowest BCUT2D eigenvalue weighted by atomic mass is 9.97. The molecule has 236 valence electrons. The van der Waals surface area contributed by atoms with Crippen LogP contribution in [0, 0.1) is 23.7 Å². The third-order valence-corrected chi connectivity index (χ3v) is 6.43. The lowest BCUT2D eigenvalue weighted by Gasteiger charge is -2.28. The first-order chi connectivity index (χ1) is 19.5. The summed E-state index contributed by atoms with van der Waals surface area (Å²) in [4.78, 5) is 77.8. The molecule has 42 heavy (non-hydrogen) atoms. The molecule has 1 aliphatic rings. The number of carbonyl (C=O) groups is 6. The van der Waals surface area contributed by atoms with Crippen molar-refractivity contribution in [2.24, 2.45) is 11.8 Å². The molecule has 6 atom stereocenters. The molecule has 5 N–H and O–H groups in total. The minimum atomic E-state index is -1.22. The van der Waals surface area contributed by atoms with E-state index in [0.29, 0.717) is 6.42 Å². The third-order valence-electron chi connectivity index (χ3n) is 6.43. The molecular formula is C29H47N5O8. The quantitative estimate of drug-likeness (QED) is 0.222. The van der Waals surface area contributed by atoms with E-state index in [-0.39, 0.29) is 31.1 Å². The van der Waals surface area contributed by atoms with E-state index in [1.54, 1.807) is 27.7 Å². The molecular weight excluding hydrogens is 546 g/mol. The summed E-state index contributed by atoms with van der Waals surface area (Å²) < 4.78 is 10.1. The van der Waals surface area contributed by atoms with Gasteiger partial charge in [0, 0.05) is 12.8 Å². The molecule has 1 rings (SSSR count). The smallest absolute Gasteiger partial charge is 0.408 e. The Kier molecular flexibility index (Phi) is 14.3. The molecule has 0 aromatic heterocycles. The maximum absolute atomic E-state index is 13.4. The van der Waals surface area contributed by atoms with E-state index in [4.69, 9.17) is 9.47 Å². The van der Waals surface area contributed by atoms with Gasteiger partial charge in [-0.2, -0.15) is 0 Å². The van der Waals surface area contributed by atoms with E-state index < -0.39 is 71.5 Å². The zero-order valence-electron chi connectivity index (χ0n) is 26.1. The van der Waals surface area contributed by atoms with Crippen molar-refractivity contribution in [3.05, 3.63) is 0 Å². The predicted molar refractivity (Wildman–Crippen MR) is 154 cm³/mol. The van der Waals surface area contributed by atoms with Gasteiger partial charge in [-0.15, -0.1) is 11.8 Å². The molecule has 0 fully saturated rings. The van der Waals surface area contributed by atoms with Crippen molar-refractivity contribution >= 4 is 35.7 Å². The molecule has 5 amide bonds. The van der Waals surface area contributed by atoms with Crippen molar-refractivity contribution < 1.29 is 38.2 Å². The number of nitrogens with one attached hydrogen (secondary N) is 5. The van der Waals surface area contributed by atoms with Gasteiger partial charge in [0.05, 0.1) is 7.11 Å². The normalized spacial score (nSPS) is 25.3. The fraction of sp³-hybridized carbons (Fsp3) is 0.724. The van der Waals surface area contributed by atoms with Crippen LogP contribution in [-0.4, -0.2) is 78.6 Å². The zero-order chi connectivity index (χ0) is 32.2. The number of methoxy groups -OCH3 is 1. The standard InChI is InChI=1S/C29H47N5O8/c1-10-17(4)22-26(38)30-18(5)23(35)32-21(15-16(2)3)25(37)31-20(27(39)41-9)14-12-11-13-19(24(36)34-22)33-28(40)42-29(6,7)8/h16-22H,10,13-15H2,1-9H3,(H,30,38)(H,31,37)(H,32,35)(H,33,40)(H,34,36)/t17?,18-,19?,20?,21-,22?/m0/s1. The lowest BCUT2D eigenvalue weighted by molar-refractivity contribution is -0.145. The van der Waals surface area contributed by atoms with Crippen LogP contribution in [0.2, 0.25) is 0 Å². The second-order valence-corrected chi connectivity index (χ2v) is 11.8. The van der Waals surface area contributed by atoms with Gasteiger partial charge < -0.3 is 36.1 Å². The molecule has 0 spiro atoms. The Morgan fingerprint density at radius 3 is 2.10 bits per heavy atom. The average molecular weight is 594 g/mol. The molecule has 0 aromatic carbocycles. The van der Waals surface area contributed by atoms with Crippen LogP contribution in [0.1, 0.15) is 81.1 Å². The average Bonchev–Trinajstić information content (AvgIpc) is 2.88. The number of esters is 1. The number of carbonyl (C=O) groups excluding carboxylic acids is 6. The monoisotopic (exact) mass is 593 g/mol. The lowest BCUT2D eigenvalue weighted by Crippen LogP contribution is -2.59. The van der Waals surface area contributed by atoms with Crippen molar-refractivity contribution in [1.82, 2.24) is 26.6 Å². The number of hydrogen-bond donors (Lipinski definition) is 5. The molecule has 4 unspecified atom stereocenters. The summed E-state index contributed by atoms with van der Waals surface area (Å²) in [6.07, 6.45) is -0.418. The van der Waals surface area contributed by atoms with Gasteiger partial charge in [0.2, 0.25) is 23.6 Å². The summed E-state index contributed by atoms with van der Waals surface area (Å²) in [6, 6.07) is -5.47. The van der Waals surface area contributed by atoms with Gasteiger partial charge in [0.15, 0.2) is 0 Å². The molecule has 13 nitrogen and oxygen atoms in total. The van der Waals surface area contributed by atoms with Crippen LogP contribution in [-0.2, 0) is 33.4 Å². The Bertz CT molecular complexity index is 1060. The van der Waals surface area contributed by atoms with E-state index in [2.05, 4.69) is 38.4 Å². The number of rotatable bonds is 6. The predicted octanol–water partition coefficient (Wildman–Crippen LogP) is 0.901. The highest BCUT2D eigenvalue weighted by atomic mass is 16.6. The molecule has 13 heteroatoms. The highest BCUT2D eigenvalue weighted by Gasteiger charge is 2.33. The van der Waals surface area contributed by atoms with E-state index in [0.717, 1.165) is 0 Å². The summed E-state index contributed by atoms with van der Waals surface area (Å²) >= 11 is 0. The van der Waals surface area contributed by atoms with E-state index in [9.17, 15) is 28.8 Å². The number of ether oxygens (including phenoxy) is 2. The van der Waals surface area contributed by atoms with Crippen molar-refractivity contribution in [1.29, 1.82) is 0 Å². The zero-order valence-corrected chi connectivity index (χ0v) is 26.1. The largest absolute Gasteiger partial charge is 0.467 e. The molecule has 0 bridgehead atoms. The first-order valence-corrected chi connectivity index (χ1v) is 14.2. The van der Waals surface area contributed by atoms with Crippen molar-refractivity contribution in [3.63, 3.8) is 0 Å². The Morgan fingerprint density at radius 1 is 0.929 bits per heavy atom. The minimum Gasteiger partial charge on any atom is -0.467 e. The minimum absolute atomic E-state index is 0.0100. The van der Waals surface area contributed by atoms with E-state index >= 15 is 0 Å². The van der Waals surface area contributed by atoms with Crippen LogP contribution in [0.15, 0.2) is 0 Å². The fourth-order valence-electron chi connectivity index (χ4n) is 3.94. The third kappa shape index (κ3) is 12.4. The first-order valence-electron chi connectivity index (χ1n) is 14.2. The van der Waals surface area contributed by atoms with E-state index in [1.165, 1.54) is 14.0 Å². The number of amides is 5. The second-order valence-electron chi connectivity index (χ2n) is 11.8. The van der Waals surface area contributed by atoms with Gasteiger partial charge >= 0.3 is 12.1 Å². The molecule has 0 aliphatic carbocycles. The van der Waals surface area contributed by atoms with Crippen LogP contribution in [0.4, 0.5) is 4.79 Å². The second kappa shape index (κ2) is 16.6. The van der Waals surface area contributed by atoms with Crippen LogP contribution in [0.25, 0.3) is 0 Å². The van der Waals surface area contributed by atoms with Gasteiger partial charge in [0.25, 0.3) is 0 Å². The van der Waals surface area contributed by atoms with Gasteiger partial charge in [-0.25, -0.2) is 9.59 Å². The van der Waals surface area contributed by atoms with Gasteiger partial charge in [0.1, 0.15) is 35.8 Å². The highest BCUT2D eigenvalue weighted by Crippen LogP contribution is 2.12. The molecule has 1 aliphatic heterocycles. The Hall–Kier alpha value is -3.82. The first kappa shape index (κ1) is 36.2. The highest BCUT2D eigenvalue weighted by molar-refractivity contribution is 5.96. The summed E-state index contributed by atoms with van der Waals surface area (Å²) in [5.74, 6) is 1.92. The Labute approximate surface area is 248 Å². The fourth-order valence-corrected chi connectivity index (χ4v) is 3.94. The molecule has 0 aromatic rings. The Morgan fingerprint density at radius 2 is 1.55 bits per heavy atom. The summed E-state index contributed by atoms with van der Waals surface area (Å²) in [6.45, 7) is 13.8. The Balaban J connectivity index is 3.51. The SMILES string of the molecule is CCC(C)C1NC(=O)C(NC(=O)OC(C)(C)C)CC#CCC(C(=O)OC)NC(=O)[C@H](CC(C)C)NC(=O)[C@H](C)NC1=O. The van der Waals surface area contributed by atoms with Crippen LogP contribution >= 0.6 is 0 Å². The summed E-state index contributed by atoms with van der Waals surface area (Å²) in [5.41, 5.74) is -0.835. The maximum atomic E-state index is 13.4. The summed E-state index contributed by atoms with van der Waals surface area (Å²) in [7, 11) is 1.17. The van der Waals surface area contributed by atoms with Crippen LogP contribution < -0.4 is 26.6 Å². The number of alkyl carbamates (subject to hydrolysis) is 1. The van der Waals surface area contributed by atoms with Crippen LogP contribution in [0.5, 0.6) is 0 Å². The number of hydrogen-bond acceptors (Lipinski definition) is 8. The van der Waals surface area contributed by atoms with E-state index in [1.807, 2.05) is 20.8 Å². The molecule has 0 saturated heterocycles. The van der Waals surface area contributed by atoms with Crippen molar-refractivity contribution in [2.75, 3.05) is 7.11 Å². The molecule has 1 heterocycles. The van der Waals surface area contributed by atoms with Gasteiger partial charge in [-0.1, -0.05) is 34.1 Å². The molecule has 0 saturated carbocycles. The van der Waals surface area contributed by atoms with Crippen molar-refractivity contribution in [2.45, 2.75) is 117 Å². The topological polar surface area (TPSA) is 181 Å². The molecule has 0 radical (unpaired) electrons. The maximum Gasteiger partial charge on any atom is 0.408 e. The van der Waals surface area contributed by atoms with Gasteiger partial charge in [-0.05, 0) is 46.0 Å². The van der Waals surface area contributed by atoms with Crippen molar-refractivity contribution in [3.8, 4) is 11.8 Å². The van der Waals surface area contributed by atoms with Crippen LogP contribution in [0.3, 0.4) is 0 Å². The van der Waals surface area contributed by atoms with Gasteiger partial charge in [-0.3, -0.25) is 19.2 Å². The summed E-state index contributed by atoms with van der Waals surface area (Å²) in [5, 5.41) is 13.0.